The van der Waals surface area contributed by atoms with Gasteiger partial charge in [0.25, 0.3) is 0 Å². The van der Waals surface area contributed by atoms with Gasteiger partial charge in [0.05, 0.1) is 108 Å². The normalized spacial score (nSPS) is 56.9. The summed E-state index contributed by atoms with van der Waals surface area (Å²) in [5, 5.41) is 11.4. The van der Waals surface area contributed by atoms with E-state index in [1.165, 1.54) is 0 Å². The van der Waals surface area contributed by atoms with E-state index in [9.17, 15) is 14.7 Å². The minimum atomic E-state index is -0.911. The second-order valence-electron chi connectivity index (χ2n) is 22.7. The van der Waals surface area contributed by atoms with Crippen LogP contribution in [0.3, 0.4) is 0 Å². The zero-order valence-electron chi connectivity index (χ0n) is 38.6. The summed E-state index contributed by atoms with van der Waals surface area (Å²) in [7, 11) is 0. The van der Waals surface area contributed by atoms with E-state index in [1.807, 2.05) is 13.8 Å². The molecule has 0 amide bonds. The molecule has 14 heteroatoms. The molecule has 64 heavy (non-hydrogen) atoms. The van der Waals surface area contributed by atoms with E-state index in [-0.39, 0.29) is 110 Å². The fourth-order valence-electron chi connectivity index (χ4n) is 14.0. The van der Waals surface area contributed by atoms with Crippen molar-refractivity contribution in [1.29, 1.82) is 0 Å². The Kier molecular flexibility index (Phi) is 10.9. The second-order valence-corrected chi connectivity index (χ2v) is 22.7. The third-order valence-corrected chi connectivity index (χ3v) is 17.8. The fraction of sp³-hybridized carbons (Fsp3) is 0.840. The summed E-state index contributed by atoms with van der Waals surface area (Å²) < 4.78 is 75.6. The van der Waals surface area contributed by atoms with Crippen LogP contribution < -0.4 is 0 Å². The van der Waals surface area contributed by atoms with Crippen molar-refractivity contribution < 1.29 is 66.8 Å². The molecule has 11 aliphatic rings. The van der Waals surface area contributed by atoms with Crippen molar-refractivity contribution in [1.82, 2.24) is 0 Å². The lowest BCUT2D eigenvalue weighted by molar-refractivity contribution is -0.356. The number of esters is 1. The average Bonchev–Trinajstić information content (AvgIpc) is 3.43. The highest BCUT2D eigenvalue weighted by Crippen LogP contribution is 2.55. The predicted molar refractivity (Wildman–Crippen MR) is 228 cm³/mol. The molecule has 0 aromatic rings. The van der Waals surface area contributed by atoms with Gasteiger partial charge >= 0.3 is 5.97 Å². The van der Waals surface area contributed by atoms with Gasteiger partial charge in [0.15, 0.2) is 0 Å². The van der Waals surface area contributed by atoms with Crippen molar-refractivity contribution in [2.75, 3.05) is 0 Å². The first kappa shape index (κ1) is 44.4. The lowest BCUT2D eigenvalue weighted by atomic mass is 9.72. The molecule has 0 aromatic heterocycles. The van der Waals surface area contributed by atoms with Crippen LogP contribution in [0, 0.1) is 5.92 Å². The smallest absolute Gasteiger partial charge is 0.331 e. The van der Waals surface area contributed by atoms with E-state index in [2.05, 4.69) is 53.3 Å². The summed E-state index contributed by atoms with van der Waals surface area (Å²) in [6, 6.07) is 0. The van der Waals surface area contributed by atoms with Crippen molar-refractivity contribution in [3.05, 3.63) is 36.0 Å². The summed E-state index contributed by atoms with van der Waals surface area (Å²) in [6.45, 7) is 18.7. The molecule has 354 valence electrons. The molecule has 9 fully saturated rings. The number of rotatable bonds is 3. The van der Waals surface area contributed by atoms with Crippen LogP contribution in [0.2, 0.25) is 0 Å². The molecule has 14 nitrogen and oxygen atoms in total. The summed E-state index contributed by atoms with van der Waals surface area (Å²) in [5.74, 6) is -0.146. The Morgan fingerprint density at radius 1 is 0.734 bits per heavy atom. The molecule has 0 saturated carbocycles. The van der Waals surface area contributed by atoms with Crippen molar-refractivity contribution >= 4 is 12.3 Å². The molecule has 12 unspecified atom stereocenters. The lowest BCUT2D eigenvalue weighted by Crippen LogP contribution is -2.70. The van der Waals surface area contributed by atoms with Gasteiger partial charge in [-0.1, -0.05) is 25.7 Å². The minimum absolute atomic E-state index is 0.116. The predicted octanol–water partition coefficient (Wildman–Crippen LogP) is 5.47. The number of aliphatic hydroxyl groups excluding tert-OH is 1. The van der Waals surface area contributed by atoms with Crippen LogP contribution in [0.25, 0.3) is 0 Å². The van der Waals surface area contributed by atoms with Crippen LogP contribution in [0.1, 0.15) is 126 Å². The van der Waals surface area contributed by atoms with Gasteiger partial charge in [-0.15, -0.1) is 0 Å². The van der Waals surface area contributed by atoms with Crippen LogP contribution in [0.5, 0.6) is 0 Å². The van der Waals surface area contributed by atoms with E-state index in [1.54, 1.807) is 6.08 Å². The standard InChI is InChI=1S/C50H70O14/c1-25(24-51)14-28-17-37(52)50(8)41(54-28)19-33-34(61-50)18-32-29(55-33)10-9-12-46(4)42(58-32)23-49(7)40(62-46)21-39-47(5,64-49)13-11-30-44(60-39)26(2)15-31-36(56-30)22-48(6)38(57-31)20-35-45(63-48)27(3)16-43(53)59-35/h9-10,16,24,26,28-42,44-45,52H,1,11-15,17-23H2,2-8H3/b10-9-/t26-,28?,29?,30+,31?,32+,33?,34-,35?,36-,37?,38?,39?,40?,41?,42-,44?,45-,46?,47-,48+,49+,50+/m1/s1. The maximum Gasteiger partial charge on any atom is 0.331 e. The Hall–Kier alpha value is -2.08. The van der Waals surface area contributed by atoms with Gasteiger partial charge in [-0.25, -0.2) is 4.79 Å². The molecule has 23 atom stereocenters. The zero-order valence-corrected chi connectivity index (χ0v) is 38.6. The van der Waals surface area contributed by atoms with Crippen LogP contribution in [0.15, 0.2) is 36.0 Å². The lowest BCUT2D eigenvalue weighted by Gasteiger charge is -2.60. The Balaban J connectivity index is 0.776. The molecule has 0 aromatic carbocycles. The maximum absolute atomic E-state index is 12.3. The molecule has 11 rings (SSSR count). The highest BCUT2D eigenvalue weighted by atomic mass is 16.7. The first-order valence-corrected chi connectivity index (χ1v) is 24.4. The molecule has 0 radical (unpaired) electrons. The third kappa shape index (κ3) is 7.38. The number of aldehydes is 1. The minimum Gasteiger partial charge on any atom is -0.456 e. The van der Waals surface area contributed by atoms with Crippen molar-refractivity contribution in [2.45, 2.75) is 257 Å². The summed E-state index contributed by atoms with van der Waals surface area (Å²) in [5.41, 5.74) is -1.96. The summed E-state index contributed by atoms with van der Waals surface area (Å²) in [6.07, 6.45) is 9.57. The first-order valence-electron chi connectivity index (χ1n) is 24.4. The topological polar surface area (TPSA) is 156 Å². The molecule has 1 N–H and O–H groups in total. The van der Waals surface area contributed by atoms with Crippen LogP contribution >= 0.6 is 0 Å². The average molecular weight is 895 g/mol. The number of ether oxygens (including phenoxy) is 11. The second kappa shape index (κ2) is 15.7. The number of carbonyl (C=O) groups excluding carboxylic acids is 2. The molecule has 0 aliphatic carbocycles. The number of hydrogen-bond acceptors (Lipinski definition) is 14. The molecule has 9 saturated heterocycles. The van der Waals surface area contributed by atoms with Crippen LogP contribution in [-0.4, -0.2) is 149 Å². The zero-order chi connectivity index (χ0) is 44.7. The Bertz CT molecular complexity index is 1940. The van der Waals surface area contributed by atoms with Crippen molar-refractivity contribution in [3.8, 4) is 0 Å². The quantitative estimate of drug-likeness (QED) is 0.165. The highest BCUT2D eigenvalue weighted by molar-refractivity contribution is 5.84. The van der Waals surface area contributed by atoms with E-state index >= 15 is 0 Å². The van der Waals surface area contributed by atoms with Crippen molar-refractivity contribution in [3.63, 3.8) is 0 Å². The number of hydrogen-bond donors (Lipinski definition) is 1. The van der Waals surface area contributed by atoms with Gasteiger partial charge in [0, 0.05) is 57.4 Å². The molecule has 0 spiro atoms. The third-order valence-electron chi connectivity index (χ3n) is 17.8. The molecule has 11 heterocycles. The Morgan fingerprint density at radius 2 is 1.50 bits per heavy atom. The number of carbonyl (C=O) groups is 2. The van der Waals surface area contributed by atoms with Crippen LogP contribution in [-0.2, 0) is 61.7 Å². The van der Waals surface area contributed by atoms with Gasteiger partial charge in [-0.3, -0.25) is 4.79 Å². The van der Waals surface area contributed by atoms with E-state index in [0.717, 1.165) is 31.1 Å². The van der Waals surface area contributed by atoms with E-state index in [0.29, 0.717) is 63.4 Å². The SMILES string of the molecule is C=C(C=O)CC1CC(O)[C@]2(C)O[C@@H]3C[C@@H]4O[C@@H]5C[C@]6(C)O[C@]7(C)CC[C@@H]8O[C@@H]9C[C@]%10(C)O[C@@H]%11C(C)=CC(=O)OC%11CC%10OC9C[C@@H](C)C8OC7CC6OC5(C)C/C=C\C4OC3CC2O1. The molecular weight excluding hydrogens is 825 g/mol. The largest absolute Gasteiger partial charge is 0.456 e. The molecule has 0 bridgehead atoms. The van der Waals surface area contributed by atoms with E-state index < -0.39 is 34.1 Å². The summed E-state index contributed by atoms with van der Waals surface area (Å²) in [4.78, 5) is 23.6. The van der Waals surface area contributed by atoms with Crippen LogP contribution in [0.4, 0.5) is 0 Å². The molecule has 11 aliphatic heterocycles. The fourth-order valence-corrected chi connectivity index (χ4v) is 14.0. The van der Waals surface area contributed by atoms with E-state index in [4.69, 9.17) is 52.1 Å². The maximum atomic E-state index is 12.3. The Morgan fingerprint density at radius 3 is 2.31 bits per heavy atom. The number of aliphatic hydroxyl groups is 1. The van der Waals surface area contributed by atoms with Gasteiger partial charge in [0.2, 0.25) is 0 Å². The van der Waals surface area contributed by atoms with Gasteiger partial charge < -0.3 is 57.2 Å². The molecular formula is C50H70O14. The van der Waals surface area contributed by atoms with Gasteiger partial charge in [0.1, 0.15) is 30.2 Å². The van der Waals surface area contributed by atoms with Crippen molar-refractivity contribution in [2.24, 2.45) is 5.92 Å². The Labute approximate surface area is 377 Å². The van der Waals surface area contributed by atoms with Gasteiger partial charge in [-0.05, 0) is 84.3 Å². The number of fused-ring (bicyclic) bond motifs is 10. The monoisotopic (exact) mass is 894 g/mol. The first-order chi connectivity index (χ1) is 30.4. The highest BCUT2D eigenvalue weighted by Gasteiger charge is 2.64. The van der Waals surface area contributed by atoms with Gasteiger partial charge in [-0.2, -0.15) is 0 Å². The summed E-state index contributed by atoms with van der Waals surface area (Å²) >= 11 is 0.